The van der Waals surface area contributed by atoms with E-state index in [0.717, 1.165) is 30.0 Å². The molecule has 4 saturated carbocycles. The molecule has 4 aliphatic rings. The number of rotatable bonds is 8. The summed E-state index contributed by atoms with van der Waals surface area (Å²) in [5.74, 6) is 2.46. The van der Waals surface area contributed by atoms with Gasteiger partial charge < -0.3 is 19.5 Å². The molecule has 0 radical (unpaired) electrons. The lowest BCUT2D eigenvalue weighted by Gasteiger charge is -2.57. The monoisotopic (exact) mass is 421 g/mol. The smallest absolute Gasteiger partial charge is 0.318 e. The number of benzene rings is 1. The average molecular weight is 422 g/mol. The van der Waals surface area contributed by atoms with Crippen LogP contribution in [0.25, 0.3) is 0 Å². The molecule has 1 N–H and O–H groups in total. The Kier molecular flexibility index (Phi) is 5.79. The normalized spacial score (nSPS) is 28.6. The summed E-state index contributed by atoms with van der Waals surface area (Å²) in [6.45, 7) is 2.57. The summed E-state index contributed by atoms with van der Waals surface area (Å²) >= 11 is 0. The second-order valence-electron chi connectivity index (χ2n) is 10.2. The number of hydrogen-bond donors (Lipinski definition) is 1. The van der Waals surface area contributed by atoms with Crippen LogP contribution >= 0.6 is 0 Å². The van der Waals surface area contributed by atoms with Crippen LogP contribution in [0.4, 0.5) is 4.79 Å². The van der Waals surface area contributed by atoms with E-state index in [0.29, 0.717) is 19.7 Å². The third kappa shape index (κ3) is 4.52. The van der Waals surface area contributed by atoms with Crippen molar-refractivity contribution in [2.45, 2.75) is 57.2 Å². The van der Waals surface area contributed by atoms with Gasteiger partial charge >= 0.3 is 6.03 Å². The SMILES string of the molecule is COCCN(Cc1cccn1Cc1ccccc1)C(=O)NC12CC3CC(CC(C3)C1)C2. The van der Waals surface area contributed by atoms with Crippen molar-refractivity contribution in [2.24, 2.45) is 17.8 Å². The van der Waals surface area contributed by atoms with Crippen molar-refractivity contribution in [2.75, 3.05) is 20.3 Å². The summed E-state index contributed by atoms with van der Waals surface area (Å²) in [4.78, 5) is 15.4. The predicted molar refractivity (Wildman–Crippen MR) is 122 cm³/mol. The topological polar surface area (TPSA) is 46.5 Å². The molecule has 1 aromatic carbocycles. The number of carbonyl (C=O) groups excluding carboxylic acids is 1. The Morgan fingerprint density at radius 1 is 1.06 bits per heavy atom. The highest BCUT2D eigenvalue weighted by Crippen LogP contribution is 2.55. The highest BCUT2D eigenvalue weighted by Gasteiger charge is 2.51. The molecule has 5 nitrogen and oxygen atoms in total. The highest BCUT2D eigenvalue weighted by molar-refractivity contribution is 5.75. The van der Waals surface area contributed by atoms with E-state index in [-0.39, 0.29) is 11.6 Å². The van der Waals surface area contributed by atoms with Crippen LogP contribution in [0.2, 0.25) is 0 Å². The number of hydrogen-bond acceptors (Lipinski definition) is 2. The first-order valence-electron chi connectivity index (χ1n) is 11.9. The van der Waals surface area contributed by atoms with Gasteiger partial charge in [0.25, 0.3) is 0 Å². The molecule has 4 fully saturated rings. The number of aromatic nitrogens is 1. The molecule has 0 spiro atoms. The van der Waals surface area contributed by atoms with Crippen molar-refractivity contribution in [3.05, 3.63) is 59.9 Å². The second-order valence-corrected chi connectivity index (χ2v) is 10.2. The maximum absolute atomic E-state index is 13.5. The molecule has 31 heavy (non-hydrogen) atoms. The van der Waals surface area contributed by atoms with Crippen molar-refractivity contribution in [1.29, 1.82) is 0 Å². The lowest BCUT2D eigenvalue weighted by molar-refractivity contribution is -0.0162. The lowest BCUT2D eigenvalue weighted by Crippen LogP contribution is -2.62. The quantitative estimate of drug-likeness (QED) is 0.674. The maximum atomic E-state index is 13.5. The Balaban J connectivity index is 1.29. The van der Waals surface area contributed by atoms with Gasteiger partial charge in [0, 0.05) is 37.6 Å². The van der Waals surface area contributed by atoms with Gasteiger partial charge in [0.2, 0.25) is 0 Å². The molecule has 0 unspecified atom stereocenters. The van der Waals surface area contributed by atoms with Gasteiger partial charge in [-0.15, -0.1) is 0 Å². The number of amides is 2. The fourth-order valence-electron chi connectivity index (χ4n) is 6.75. The van der Waals surface area contributed by atoms with E-state index in [1.807, 2.05) is 11.0 Å². The molecule has 1 aromatic heterocycles. The fourth-order valence-corrected chi connectivity index (χ4v) is 6.75. The lowest BCUT2D eigenvalue weighted by atomic mass is 9.53. The summed E-state index contributed by atoms with van der Waals surface area (Å²) in [7, 11) is 1.70. The Morgan fingerprint density at radius 3 is 2.39 bits per heavy atom. The van der Waals surface area contributed by atoms with E-state index in [4.69, 9.17) is 4.74 Å². The molecule has 6 rings (SSSR count). The van der Waals surface area contributed by atoms with Gasteiger partial charge in [0.15, 0.2) is 0 Å². The van der Waals surface area contributed by atoms with Gasteiger partial charge in [0.05, 0.1) is 13.2 Å². The number of urea groups is 1. The van der Waals surface area contributed by atoms with Crippen molar-refractivity contribution in [3.63, 3.8) is 0 Å². The Bertz CT molecular complexity index is 856. The largest absolute Gasteiger partial charge is 0.383 e. The van der Waals surface area contributed by atoms with Crippen LogP contribution < -0.4 is 5.32 Å². The zero-order valence-electron chi connectivity index (χ0n) is 18.6. The number of methoxy groups -OCH3 is 1. The number of nitrogens with zero attached hydrogens (tertiary/aromatic N) is 2. The minimum absolute atomic E-state index is 0.0309. The molecule has 4 aliphatic carbocycles. The zero-order chi connectivity index (χ0) is 21.3. The molecule has 1 heterocycles. The second kappa shape index (κ2) is 8.70. The predicted octanol–water partition coefficient (Wildman–Crippen LogP) is 4.66. The summed E-state index contributed by atoms with van der Waals surface area (Å²) in [5.41, 5.74) is 2.45. The first-order valence-corrected chi connectivity index (χ1v) is 11.9. The van der Waals surface area contributed by atoms with Gasteiger partial charge in [-0.1, -0.05) is 30.3 Å². The van der Waals surface area contributed by atoms with Gasteiger partial charge in [-0.05, 0) is 74.0 Å². The van der Waals surface area contributed by atoms with E-state index in [2.05, 4.69) is 52.5 Å². The zero-order valence-corrected chi connectivity index (χ0v) is 18.6. The Hall–Kier alpha value is -2.27. The molecule has 5 heteroatoms. The first-order chi connectivity index (χ1) is 15.1. The van der Waals surface area contributed by atoms with Crippen molar-refractivity contribution < 1.29 is 9.53 Å². The van der Waals surface area contributed by atoms with Gasteiger partial charge in [-0.3, -0.25) is 0 Å². The van der Waals surface area contributed by atoms with Crippen molar-refractivity contribution in [1.82, 2.24) is 14.8 Å². The van der Waals surface area contributed by atoms with Crippen LogP contribution in [0.5, 0.6) is 0 Å². The summed E-state index contributed by atoms with van der Waals surface area (Å²) in [6, 6.07) is 14.8. The maximum Gasteiger partial charge on any atom is 0.318 e. The number of ether oxygens (including phenoxy) is 1. The standard InChI is InChI=1S/C26H35N3O2/c1-31-11-10-29(19-24-8-5-9-28(24)18-20-6-3-2-4-7-20)25(30)27-26-15-21-12-22(16-26)14-23(13-21)17-26/h2-9,21-23H,10-19H2,1H3,(H,27,30). The third-order valence-corrected chi connectivity index (χ3v) is 7.74. The minimum atomic E-state index is 0.0309. The number of carbonyl (C=O) groups is 1. The third-order valence-electron chi connectivity index (χ3n) is 7.74. The van der Waals surface area contributed by atoms with E-state index >= 15 is 0 Å². The molecule has 2 amide bonds. The van der Waals surface area contributed by atoms with Gasteiger partial charge in [0.1, 0.15) is 0 Å². The summed E-state index contributed by atoms with van der Waals surface area (Å²) < 4.78 is 7.58. The van der Waals surface area contributed by atoms with Crippen molar-refractivity contribution >= 4 is 6.03 Å². The van der Waals surface area contributed by atoms with Crippen LogP contribution in [0, 0.1) is 17.8 Å². The van der Waals surface area contributed by atoms with E-state index < -0.39 is 0 Å². The Morgan fingerprint density at radius 2 is 1.74 bits per heavy atom. The highest BCUT2D eigenvalue weighted by atomic mass is 16.5. The average Bonchev–Trinajstić information content (AvgIpc) is 3.17. The van der Waals surface area contributed by atoms with Crippen LogP contribution in [-0.4, -0.2) is 41.3 Å². The minimum Gasteiger partial charge on any atom is -0.383 e. The molecule has 0 aliphatic heterocycles. The first kappa shape index (κ1) is 20.6. The summed E-state index contributed by atoms with van der Waals surface area (Å²) in [6.07, 6.45) is 9.78. The van der Waals surface area contributed by atoms with Gasteiger partial charge in [-0.2, -0.15) is 0 Å². The van der Waals surface area contributed by atoms with Crippen molar-refractivity contribution in [3.8, 4) is 0 Å². The van der Waals surface area contributed by atoms with Crippen LogP contribution in [-0.2, 0) is 17.8 Å². The fraction of sp³-hybridized carbons (Fsp3) is 0.577. The molecule has 4 bridgehead atoms. The molecule has 2 aromatic rings. The van der Waals surface area contributed by atoms with E-state index in [1.165, 1.54) is 44.1 Å². The van der Waals surface area contributed by atoms with Crippen LogP contribution in [0.3, 0.4) is 0 Å². The van der Waals surface area contributed by atoms with Gasteiger partial charge in [-0.25, -0.2) is 4.79 Å². The molecule has 0 saturated heterocycles. The summed E-state index contributed by atoms with van der Waals surface area (Å²) in [5, 5.41) is 3.54. The van der Waals surface area contributed by atoms with Crippen LogP contribution in [0.15, 0.2) is 48.7 Å². The molecule has 166 valence electrons. The molecular weight excluding hydrogens is 386 g/mol. The van der Waals surface area contributed by atoms with E-state index in [1.54, 1.807) is 7.11 Å². The molecular formula is C26H35N3O2. The van der Waals surface area contributed by atoms with Crippen LogP contribution in [0.1, 0.15) is 49.8 Å². The Labute approximate surface area is 185 Å². The van der Waals surface area contributed by atoms with E-state index in [9.17, 15) is 4.79 Å². The molecule has 0 atom stereocenters. The number of nitrogens with one attached hydrogen (secondary N) is 1.